The number of halogens is 2. The molecule has 0 spiro atoms. The predicted octanol–water partition coefficient (Wildman–Crippen LogP) is 1.45. The first kappa shape index (κ1) is 25.4. The van der Waals surface area contributed by atoms with Crippen molar-refractivity contribution in [2.45, 2.75) is 91.9 Å². The second kappa shape index (κ2) is 13.6. The Balaban J connectivity index is 0.00000288. The van der Waals surface area contributed by atoms with Crippen LogP contribution in [0.25, 0.3) is 0 Å². The van der Waals surface area contributed by atoms with E-state index in [0.717, 1.165) is 0 Å². The van der Waals surface area contributed by atoms with Gasteiger partial charge >= 0.3 is 156 Å². The fourth-order valence-electron chi connectivity index (χ4n) is 3.59. The van der Waals surface area contributed by atoms with Gasteiger partial charge < -0.3 is 24.8 Å². The number of unbranched alkanes of at least 4 members (excludes halogenated alkanes) is 4. The standard InChI is InChI=1S/2C11H17.2ClH.Zr/c2*1-3-4-5-6-11-8-7-10(2)9-11;;;/h2*8H,3-7H2,1-2H3;2*1H;/q;;;;+2/p-2. The van der Waals surface area contributed by atoms with Crippen molar-refractivity contribution in [1.82, 2.24) is 0 Å². The van der Waals surface area contributed by atoms with Gasteiger partial charge in [-0.05, 0) is 0 Å². The molecule has 2 rings (SSSR count). The van der Waals surface area contributed by atoms with E-state index in [4.69, 9.17) is 0 Å². The van der Waals surface area contributed by atoms with Gasteiger partial charge in [0.1, 0.15) is 0 Å². The summed E-state index contributed by atoms with van der Waals surface area (Å²) in [6, 6.07) is 0. The van der Waals surface area contributed by atoms with E-state index in [1.165, 1.54) is 64.2 Å². The average molecular weight is 461 g/mol. The van der Waals surface area contributed by atoms with Crippen LogP contribution in [-0.4, -0.2) is 0 Å². The van der Waals surface area contributed by atoms with E-state index in [-0.39, 0.29) is 24.8 Å². The zero-order chi connectivity index (χ0) is 16.7. The molecule has 0 saturated heterocycles. The summed E-state index contributed by atoms with van der Waals surface area (Å²) >= 11 is -0.601. The molecule has 2 aliphatic rings. The Morgan fingerprint density at radius 2 is 1.12 bits per heavy atom. The van der Waals surface area contributed by atoms with Gasteiger partial charge in [0.25, 0.3) is 0 Å². The molecule has 0 aromatic carbocycles. The summed E-state index contributed by atoms with van der Waals surface area (Å²) < 4.78 is 3.70. The molecule has 3 heteroatoms. The van der Waals surface area contributed by atoms with Gasteiger partial charge in [-0.25, -0.2) is 0 Å². The molecule has 0 atom stereocenters. The number of hydrogen-bond donors (Lipinski definition) is 0. The van der Waals surface area contributed by atoms with Crippen LogP contribution in [0.4, 0.5) is 0 Å². The monoisotopic (exact) mass is 458 g/mol. The fraction of sp³-hybridized carbons (Fsp3) is 0.636. The summed E-state index contributed by atoms with van der Waals surface area (Å²) in [5.41, 5.74) is 6.87. The van der Waals surface area contributed by atoms with E-state index < -0.39 is 23.2 Å². The van der Waals surface area contributed by atoms with E-state index in [1.807, 2.05) is 6.56 Å². The molecular formula is C22H34Cl2Zr. The first-order valence-electron chi connectivity index (χ1n) is 9.72. The van der Waals surface area contributed by atoms with Crippen LogP contribution in [0, 0.1) is 0 Å². The smallest absolute Gasteiger partial charge is 1.00 e. The Kier molecular flexibility index (Phi) is 13.8. The van der Waals surface area contributed by atoms with Gasteiger partial charge in [-0.2, -0.15) is 0 Å². The van der Waals surface area contributed by atoms with Crippen LogP contribution in [-0.2, 0) is 23.2 Å². The van der Waals surface area contributed by atoms with Gasteiger partial charge in [-0.3, -0.25) is 0 Å². The molecule has 0 bridgehead atoms. The number of allylic oxidation sites excluding steroid dienone is 8. The molecule has 0 unspecified atom stereocenters. The van der Waals surface area contributed by atoms with Gasteiger partial charge in [0.2, 0.25) is 0 Å². The molecule has 0 nitrogen and oxygen atoms in total. The summed E-state index contributed by atoms with van der Waals surface area (Å²) in [6.45, 7) is 9.40. The van der Waals surface area contributed by atoms with Crippen molar-refractivity contribution in [3.8, 4) is 0 Å². The summed E-state index contributed by atoms with van der Waals surface area (Å²) in [4.78, 5) is 0. The molecule has 0 amide bonds. The minimum Gasteiger partial charge on any atom is -1.00 e. The van der Waals surface area contributed by atoms with Crippen molar-refractivity contribution in [3.05, 3.63) is 41.0 Å². The van der Waals surface area contributed by atoms with Gasteiger partial charge in [-0.15, -0.1) is 0 Å². The SMILES string of the molecule is CCCCCC1=CCC(C)=[C]1[Zr+2][C]1=C(C)CC=C1CCCCC.[Cl-].[Cl-]. The third-order valence-electron chi connectivity index (χ3n) is 5.15. The summed E-state index contributed by atoms with van der Waals surface area (Å²) in [6.07, 6.45) is 18.4. The molecule has 140 valence electrons. The Hall–Kier alpha value is 0.423. The normalized spacial score (nSPS) is 16.3. The van der Waals surface area contributed by atoms with E-state index in [0.29, 0.717) is 0 Å². The third-order valence-corrected chi connectivity index (χ3v) is 10.1. The van der Waals surface area contributed by atoms with E-state index >= 15 is 0 Å². The zero-order valence-corrected chi connectivity index (χ0v) is 20.5. The maximum Gasteiger partial charge on any atom is -1.00 e. The maximum absolute atomic E-state index is 2.55. The van der Waals surface area contributed by atoms with E-state index in [2.05, 4.69) is 39.8 Å². The van der Waals surface area contributed by atoms with E-state index in [1.54, 1.807) is 22.3 Å². The molecule has 0 saturated carbocycles. The molecule has 2 aliphatic carbocycles. The molecule has 0 N–H and O–H groups in total. The van der Waals surface area contributed by atoms with Crippen molar-refractivity contribution in [2.24, 2.45) is 0 Å². The zero-order valence-electron chi connectivity index (χ0n) is 16.5. The number of hydrogen-bond acceptors (Lipinski definition) is 0. The largest absolute Gasteiger partial charge is 1.00 e. The van der Waals surface area contributed by atoms with Crippen LogP contribution in [0.5, 0.6) is 0 Å². The third kappa shape index (κ3) is 7.52. The Labute approximate surface area is 180 Å². The van der Waals surface area contributed by atoms with Crippen molar-refractivity contribution < 1.29 is 48.0 Å². The summed E-state index contributed by atoms with van der Waals surface area (Å²) in [7, 11) is 0. The number of rotatable bonds is 10. The van der Waals surface area contributed by atoms with Crippen LogP contribution >= 0.6 is 0 Å². The molecular weight excluding hydrogens is 426 g/mol. The molecule has 0 aromatic rings. The van der Waals surface area contributed by atoms with Crippen molar-refractivity contribution in [1.29, 1.82) is 0 Å². The quantitative estimate of drug-likeness (QED) is 0.433. The Bertz CT molecular complexity index is 490. The van der Waals surface area contributed by atoms with Crippen molar-refractivity contribution >= 4 is 0 Å². The second-order valence-electron chi connectivity index (χ2n) is 7.22. The van der Waals surface area contributed by atoms with E-state index in [9.17, 15) is 0 Å². The fourth-order valence-corrected chi connectivity index (χ4v) is 7.66. The van der Waals surface area contributed by atoms with Gasteiger partial charge in [-0.1, -0.05) is 0 Å². The van der Waals surface area contributed by atoms with Crippen molar-refractivity contribution in [2.75, 3.05) is 0 Å². The first-order chi connectivity index (χ1) is 11.2. The molecule has 0 aliphatic heterocycles. The molecule has 0 heterocycles. The first-order valence-corrected chi connectivity index (χ1v) is 12.2. The Morgan fingerprint density at radius 1 is 0.720 bits per heavy atom. The average Bonchev–Trinajstić information content (AvgIpc) is 3.06. The topological polar surface area (TPSA) is 0 Å². The molecule has 0 radical (unpaired) electrons. The van der Waals surface area contributed by atoms with Gasteiger partial charge in [0.05, 0.1) is 0 Å². The van der Waals surface area contributed by atoms with Crippen LogP contribution in [0.1, 0.15) is 91.9 Å². The summed E-state index contributed by atoms with van der Waals surface area (Å²) in [5.74, 6) is 0. The maximum atomic E-state index is 2.55. The van der Waals surface area contributed by atoms with Crippen LogP contribution < -0.4 is 24.8 Å². The van der Waals surface area contributed by atoms with Crippen LogP contribution in [0.2, 0.25) is 0 Å². The van der Waals surface area contributed by atoms with Crippen molar-refractivity contribution in [3.63, 3.8) is 0 Å². The molecule has 25 heavy (non-hydrogen) atoms. The minimum absolute atomic E-state index is 0. The van der Waals surface area contributed by atoms with Crippen LogP contribution in [0.15, 0.2) is 41.0 Å². The molecule has 0 aromatic heterocycles. The second-order valence-corrected chi connectivity index (χ2v) is 10.3. The minimum atomic E-state index is -0.601. The van der Waals surface area contributed by atoms with Crippen LogP contribution in [0.3, 0.4) is 0 Å². The summed E-state index contributed by atoms with van der Waals surface area (Å²) in [5, 5.41) is 0. The van der Waals surface area contributed by atoms with Gasteiger partial charge in [0.15, 0.2) is 0 Å². The predicted molar refractivity (Wildman–Crippen MR) is 99.1 cm³/mol. The Morgan fingerprint density at radius 3 is 1.48 bits per heavy atom. The van der Waals surface area contributed by atoms with Gasteiger partial charge in [0, 0.05) is 0 Å². The molecule has 0 fully saturated rings.